The fourth-order valence-electron chi connectivity index (χ4n) is 2.74. The zero-order chi connectivity index (χ0) is 16.3. The van der Waals surface area contributed by atoms with E-state index in [0.29, 0.717) is 9.63 Å². The van der Waals surface area contributed by atoms with E-state index in [2.05, 4.69) is 27.8 Å². The molecule has 2 heterocycles. The highest BCUT2D eigenvalue weighted by Crippen LogP contribution is 2.24. The Balaban J connectivity index is 1.99. The van der Waals surface area contributed by atoms with Crippen LogP contribution in [0.3, 0.4) is 0 Å². The van der Waals surface area contributed by atoms with E-state index >= 15 is 0 Å². The summed E-state index contributed by atoms with van der Waals surface area (Å²) in [7, 11) is 0. The van der Waals surface area contributed by atoms with Crippen molar-refractivity contribution in [2.75, 3.05) is 6.54 Å². The van der Waals surface area contributed by atoms with Crippen molar-refractivity contribution in [3.05, 3.63) is 21.4 Å². The molecule has 0 radical (unpaired) electrons. The summed E-state index contributed by atoms with van der Waals surface area (Å²) in [4.78, 5) is 29.2. The Kier molecular flexibility index (Phi) is 5.92. The number of carbonyl (C=O) groups excluding carboxylic acids is 2. The van der Waals surface area contributed by atoms with Crippen molar-refractivity contribution >= 4 is 39.4 Å². The maximum absolute atomic E-state index is 12.5. The summed E-state index contributed by atoms with van der Waals surface area (Å²) in [5.74, 6) is -0.713. The quantitative estimate of drug-likeness (QED) is 0.795. The third kappa shape index (κ3) is 3.84. The van der Waals surface area contributed by atoms with Gasteiger partial charge in [0.2, 0.25) is 0 Å². The smallest absolute Gasteiger partial charge is 0.355 e. The van der Waals surface area contributed by atoms with Crippen LogP contribution >= 0.6 is 27.5 Å². The Bertz CT molecular complexity index is 541. The van der Waals surface area contributed by atoms with Crippen molar-refractivity contribution < 1.29 is 14.3 Å². The van der Waals surface area contributed by atoms with E-state index in [1.165, 1.54) is 6.07 Å². The number of amides is 1. The summed E-state index contributed by atoms with van der Waals surface area (Å²) in [6, 6.07) is 1.72. The predicted octanol–water partition coefficient (Wildman–Crippen LogP) is 3.77. The summed E-state index contributed by atoms with van der Waals surface area (Å²) in [6.45, 7) is 4.42. The van der Waals surface area contributed by atoms with Crippen molar-refractivity contribution in [3.8, 4) is 0 Å². The van der Waals surface area contributed by atoms with Crippen molar-refractivity contribution in [1.82, 2.24) is 9.88 Å². The number of piperidine rings is 1. The molecule has 1 aliphatic rings. The molecule has 0 aliphatic carbocycles. The van der Waals surface area contributed by atoms with Crippen molar-refractivity contribution in [1.29, 1.82) is 0 Å². The Labute approximate surface area is 143 Å². The molecule has 0 bridgehead atoms. The minimum atomic E-state index is -0.805. The number of hydrogen-bond acceptors (Lipinski definition) is 3. The zero-order valence-corrected chi connectivity index (χ0v) is 15.0. The average Bonchev–Trinajstić information content (AvgIpc) is 2.86. The lowest BCUT2D eigenvalue weighted by Gasteiger charge is -2.36. The van der Waals surface area contributed by atoms with Gasteiger partial charge in [-0.25, -0.2) is 4.79 Å². The minimum absolute atomic E-state index is 0.128. The molecular formula is C15H20BrClN2O3. The molecule has 1 saturated heterocycles. The highest BCUT2D eigenvalue weighted by atomic mass is 79.9. The Morgan fingerprint density at radius 3 is 2.86 bits per heavy atom. The molecular weight excluding hydrogens is 372 g/mol. The number of esters is 1. The number of nitrogens with one attached hydrogen (secondary N) is 1. The van der Waals surface area contributed by atoms with Gasteiger partial charge in [-0.1, -0.05) is 18.5 Å². The van der Waals surface area contributed by atoms with E-state index in [1.54, 1.807) is 6.92 Å². The largest absolute Gasteiger partial charge is 0.448 e. The predicted molar refractivity (Wildman–Crippen MR) is 88.0 cm³/mol. The average molecular weight is 392 g/mol. The van der Waals surface area contributed by atoms with Gasteiger partial charge in [0.25, 0.3) is 5.91 Å². The fourth-order valence-corrected chi connectivity index (χ4v) is 3.22. The van der Waals surface area contributed by atoms with Crippen LogP contribution in [0.2, 0.25) is 5.02 Å². The van der Waals surface area contributed by atoms with Crippen LogP contribution in [-0.4, -0.2) is 40.5 Å². The molecule has 2 atom stereocenters. The van der Waals surface area contributed by atoms with Gasteiger partial charge in [-0.15, -0.1) is 0 Å². The SMILES string of the molecule is CC[C@@H]1CCCCN1C(=O)[C@@H](C)OC(=O)c1cc(Cl)c(Br)[nH]1. The molecule has 7 heteroatoms. The molecule has 1 aromatic heterocycles. The van der Waals surface area contributed by atoms with Gasteiger partial charge in [-0.05, 0) is 54.6 Å². The van der Waals surface area contributed by atoms with Crippen molar-refractivity contribution in [2.24, 2.45) is 0 Å². The van der Waals surface area contributed by atoms with Crippen LogP contribution < -0.4 is 0 Å². The second-order valence-corrected chi connectivity index (χ2v) is 6.68. The number of ether oxygens (including phenoxy) is 1. The molecule has 0 saturated carbocycles. The van der Waals surface area contributed by atoms with E-state index in [1.807, 2.05) is 4.90 Å². The number of H-pyrrole nitrogens is 1. The normalized spacial score (nSPS) is 19.8. The number of nitrogens with zero attached hydrogens (tertiary/aromatic N) is 1. The molecule has 1 aliphatic heterocycles. The molecule has 5 nitrogen and oxygen atoms in total. The first-order valence-electron chi connectivity index (χ1n) is 7.49. The van der Waals surface area contributed by atoms with E-state index in [9.17, 15) is 9.59 Å². The van der Waals surface area contributed by atoms with E-state index < -0.39 is 12.1 Å². The van der Waals surface area contributed by atoms with Crippen LogP contribution in [0.4, 0.5) is 0 Å². The first kappa shape index (κ1) is 17.3. The van der Waals surface area contributed by atoms with Gasteiger partial charge >= 0.3 is 5.97 Å². The third-order valence-corrected chi connectivity index (χ3v) is 5.11. The van der Waals surface area contributed by atoms with Crippen LogP contribution in [0, 0.1) is 0 Å². The summed E-state index contributed by atoms with van der Waals surface area (Å²) in [5.41, 5.74) is 0.224. The second-order valence-electron chi connectivity index (χ2n) is 5.48. The Morgan fingerprint density at radius 1 is 1.55 bits per heavy atom. The van der Waals surface area contributed by atoms with E-state index in [0.717, 1.165) is 32.2 Å². The fraction of sp³-hybridized carbons (Fsp3) is 0.600. The number of likely N-dealkylation sites (tertiary alicyclic amines) is 1. The second kappa shape index (κ2) is 7.51. The number of hydrogen-bond donors (Lipinski definition) is 1. The molecule has 122 valence electrons. The zero-order valence-electron chi connectivity index (χ0n) is 12.7. The van der Waals surface area contributed by atoms with Gasteiger partial charge in [-0.2, -0.15) is 0 Å². The lowest BCUT2D eigenvalue weighted by Crippen LogP contribution is -2.48. The van der Waals surface area contributed by atoms with Gasteiger partial charge in [0.05, 0.1) is 5.02 Å². The van der Waals surface area contributed by atoms with Gasteiger partial charge < -0.3 is 14.6 Å². The molecule has 1 aromatic rings. The maximum atomic E-state index is 12.5. The molecule has 1 amide bonds. The number of carbonyl (C=O) groups is 2. The number of halogens is 2. The topological polar surface area (TPSA) is 62.4 Å². The van der Waals surface area contributed by atoms with Crippen molar-refractivity contribution in [2.45, 2.75) is 51.7 Å². The lowest BCUT2D eigenvalue weighted by molar-refractivity contribution is -0.143. The minimum Gasteiger partial charge on any atom is -0.448 e. The van der Waals surface area contributed by atoms with Gasteiger partial charge in [0.15, 0.2) is 6.10 Å². The van der Waals surface area contributed by atoms with E-state index in [-0.39, 0.29) is 17.6 Å². The van der Waals surface area contributed by atoms with Gasteiger partial charge in [0.1, 0.15) is 10.3 Å². The van der Waals surface area contributed by atoms with Gasteiger partial charge in [-0.3, -0.25) is 4.79 Å². The van der Waals surface area contributed by atoms with Crippen LogP contribution in [-0.2, 0) is 9.53 Å². The van der Waals surface area contributed by atoms with E-state index in [4.69, 9.17) is 16.3 Å². The van der Waals surface area contributed by atoms with Crippen LogP contribution in [0.1, 0.15) is 50.0 Å². The first-order chi connectivity index (χ1) is 10.4. The highest BCUT2D eigenvalue weighted by Gasteiger charge is 2.30. The lowest BCUT2D eigenvalue weighted by atomic mass is 9.99. The summed E-state index contributed by atoms with van der Waals surface area (Å²) < 4.78 is 5.79. The van der Waals surface area contributed by atoms with Crippen LogP contribution in [0.15, 0.2) is 10.7 Å². The van der Waals surface area contributed by atoms with Crippen LogP contribution in [0.5, 0.6) is 0 Å². The number of rotatable bonds is 4. The molecule has 1 N–H and O–H groups in total. The summed E-state index contributed by atoms with van der Waals surface area (Å²) in [5, 5.41) is 0.396. The standard InChI is InChI=1S/C15H20BrClN2O3/c1-3-10-6-4-5-7-19(10)14(20)9(2)22-15(21)12-8-11(17)13(16)18-12/h8-10,18H,3-7H2,1-2H3/t9-,10-/m1/s1. The van der Waals surface area contributed by atoms with Gasteiger partial charge in [0, 0.05) is 12.6 Å². The molecule has 0 aromatic carbocycles. The third-order valence-electron chi connectivity index (χ3n) is 3.96. The Morgan fingerprint density at radius 2 is 2.27 bits per heavy atom. The molecule has 0 spiro atoms. The summed E-state index contributed by atoms with van der Waals surface area (Å²) in [6.07, 6.45) is 3.28. The Hall–Kier alpha value is -1.01. The molecule has 2 rings (SSSR count). The molecule has 0 unspecified atom stereocenters. The molecule has 22 heavy (non-hydrogen) atoms. The summed E-state index contributed by atoms with van der Waals surface area (Å²) >= 11 is 9.06. The van der Waals surface area contributed by atoms with Crippen molar-refractivity contribution in [3.63, 3.8) is 0 Å². The highest BCUT2D eigenvalue weighted by molar-refractivity contribution is 9.10. The maximum Gasteiger partial charge on any atom is 0.355 e. The first-order valence-corrected chi connectivity index (χ1v) is 8.66. The molecule has 1 fully saturated rings. The monoisotopic (exact) mass is 390 g/mol. The van der Waals surface area contributed by atoms with Crippen LogP contribution in [0.25, 0.3) is 0 Å². The number of aromatic amines is 1. The number of aromatic nitrogens is 1.